The molecule has 0 atom stereocenters. The molecule has 1 aliphatic rings. The average molecular weight is 394 g/mol. The molecule has 0 spiro atoms. The van der Waals surface area contributed by atoms with Crippen molar-refractivity contribution in [1.82, 2.24) is 9.55 Å². The standard InChI is InChI=1S/C22H20ClN3O2/c1-22(2)17-6-4-5-7-19(17)25(3)20(22)11-15(27)12-26-13-24-18-9-8-14(23)10-16(18)21(26)28/h4-11,13H,12H2,1-3H3/b20-11-. The zero-order valence-electron chi connectivity index (χ0n) is 15.9. The van der Waals surface area contributed by atoms with Crippen molar-refractivity contribution in [2.75, 3.05) is 11.9 Å². The van der Waals surface area contributed by atoms with Crippen LogP contribution < -0.4 is 10.5 Å². The van der Waals surface area contributed by atoms with E-state index in [2.05, 4.69) is 24.9 Å². The van der Waals surface area contributed by atoms with Crippen LogP contribution in [0.25, 0.3) is 10.9 Å². The van der Waals surface area contributed by atoms with Gasteiger partial charge in [0.1, 0.15) is 0 Å². The fourth-order valence-corrected chi connectivity index (χ4v) is 4.04. The molecule has 4 rings (SSSR count). The van der Waals surface area contributed by atoms with Gasteiger partial charge in [-0.3, -0.25) is 14.2 Å². The zero-order valence-corrected chi connectivity index (χ0v) is 16.7. The first kappa shape index (κ1) is 18.4. The Kier molecular flexibility index (Phi) is 4.35. The summed E-state index contributed by atoms with van der Waals surface area (Å²) < 4.78 is 1.33. The van der Waals surface area contributed by atoms with E-state index < -0.39 is 0 Å². The summed E-state index contributed by atoms with van der Waals surface area (Å²) in [6.07, 6.45) is 3.04. The maximum absolute atomic E-state index is 12.8. The molecular formula is C22H20ClN3O2. The molecular weight excluding hydrogens is 374 g/mol. The molecule has 0 aliphatic carbocycles. The van der Waals surface area contributed by atoms with Crippen molar-refractivity contribution in [3.05, 3.63) is 81.5 Å². The Bertz CT molecular complexity index is 1190. The van der Waals surface area contributed by atoms with Crippen molar-refractivity contribution in [2.24, 2.45) is 0 Å². The van der Waals surface area contributed by atoms with Gasteiger partial charge in [0.25, 0.3) is 5.56 Å². The molecule has 1 aliphatic heterocycles. The summed E-state index contributed by atoms with van der Waals surface area (Å²) in [6, 6.07) is 13.1. The highest BCUT2D eigenvalue weighted by Crippen LogP contribution is 2.46. The number of carbonyl (C=O) groups is 1. The second-order valence-corrected chi connectivity index (χ2v) is 7.97. The van der Waals surface area contributed by atoms with Crippen LogP contribution in [0, 0.1) is 0 Å². The number of rotatable bonds is 3. The summed E-state index contributed by atoms with van der Waals surface area (Å²) >= 11 is 6.00. The molecule has 1 aromatic heterocycles. The molecule has 2 aromatic carbocycles. The number of fused-ring (bicyclic) bond motifs is 2. The molecule has 2 heterocycles. The molecule has 6 heteroatoms. The second-order valence-electron chi connectivity index (χ2n) is 7.54. The van der Waals surface area contributed by atoms with Crippen molar-refractivity contribution < 1.29 is 4.79 Å². The van der Waals surface area contributed by atoms with Gasteiger partial charge < -0.3 is 4.90 Å². The number of carbonyl (C=O) groups excluding carboxylic acids is 1. The maximum atomic E-state index is 12.8. The Balaban J connectivity index is 1.68. The van der Waals surface area contributed by atoms with Gasteiger partial charge in [-0.05, 0) is 29.8 Å². The number of hydrogen-bond donors (Lipinski definition) is 0. The average Bonchev–Trinajstić information content (AvgIpc) is 2.86. The number of aromatic nitrogens is 2. The molecule has 0 saturated carbocycles. The molecule has 3 aromatic rings. The van der Waals surface area contributed by atoms with E-state index in [4.69, 9.17) is 11.6 Å². The predicted molar refractivity (Wildman–Crippen MR) is 112 cm³/mol. The smallest absolute Gasteiger partial charge is 0.261 e. The number of allylic oxidation sites excluding steroid dienone is 2. The van der Waals surface area contributed by atoms with Gasteiger partial charge in [-0.15, -0.1) is 0 Å². The monoisotopic (exact) mass is 393 g/mol. The summed E-state index contributed by atoms with van der Waals surface area (Å²) in [5.74, 6) is -0.159. The number of ketones is 1. The molecule has 0 radical (unpaired) electrons. The molecule has 5 nitrogen and oxygen atoms in total. The Labute approximate surface area is 167 Å². The summed E-state index contributed by atoms with van der Waals surface area (Å²) in [6.45, 7) is 4.12. The van der Waals surface area contributed by atoms with Crippen molar-refractivity contribution in [1.29, 1.82) is 0 Å². The highest BCUT2D eigenvalue weighted by atomic mass is 35.5. The van der Waals surface area contributed by atoms with Crippen LogP contribution in [0.4, 0.5) is 5.69 Å². The van der Waals surface area contributed by atoms with E-state index in [1.165, 1.54) is 16.5 Å². The summed E-state index contributed by atoms with van der Waals surface area (Å²) in [5, 5.41) is 0.867. The molecule has 0 unspecified atom stereocenters. The van der Waals surface area contributed by atoms with Crippen molar-refractivity contribution in [3.8, 4) is 0 Å². The Morgan fingerprint density at radius 2 is 1.96 bits per heavy atom. The van der Waals surface area contributed by atoms with Gasteiger partial charge in [0.2, 0.25) is 0 Å². The number of benzene rings is 2. The highest BCUT2D eigenvalue weighted by Gasteiger charge is 2.38. The van der Waals surface area contributed by atoms with Crippen LogP contribution in [0.2, 0.25) is 5.02 Å². The maximum Gasteiger partial charge on any atom is 0.261 e. The SMILES string of the molecule is CN1/C(=C\C(=O)Cn2cnc3ccc(Cl)cc3c2=O)C(C)(C)c2ccccc21. The van der Waals surface area contributed by atoms with Crippen molar-refractivity contribution in [3.63, 3.8) is 0 Å². The van der Waals surface area contributed by atoms with E-state index in [1.807, 2.05) is 30.1 Å². The van der Waals surface area contributed by atoms with E-state index in [1.54, 1.807) is 24.3 Å². The van der Waals surface area contributed by atoms with E-state index >= 15 is 0 Å². The fraction of sp³-hybridized carbons (Fsp3) is 0.227. The lowest BCUT2D eigenvalue weighted by molar-refractivity contribution is -0.115. The minimum atomic E-state index is -0.291. The number of hydrogen-bond acceptors (Lipinski definition) is 4. The van der Waals surface area contributed by atoms with E-state index in [9.17, 15) is 9.59 Å². The molecule has 0 fully saturated rings. The lowest BCUT2D eigenvalue weighted by Gasteiger charge is -2.24. The predicted octanol–water partition coefficient (Wildman–Crippen LogP) is 3.93. The number of anilines is 1. The lowest BCUT2D eigenvalue weighted by Crippen LogP contribution is -2.27. The summed E-state index contributed by atoms with van der Waals surface area (Å²) in [7, 11) is 1.96. The van der Waals surface area contributed by atoms with Gasteiger partial charge in [0.15, 0.2) is 5.78 Å². The van der Waals surface area contributed by atoms with Gasteiger partial charge >= 0.3 is 0 Å². The minimum Gasteiger partial charge on any atom is -0.347 e. The third kappa shape index (κ3) is 2.92. The molecule has 0 saturated heterocycles. The first-order chi connectivity index (χ1) is 13.3. The number of likely N-dealkylation sites (N-methyl/N-ethyl adjacent to an activating group) is 1. The summed E-state index contributed by atoms with van der Waals surface area (Å²) in [5.41, 5.74) is 3.16. The van der Waals surface area contributed by atoms with Gasteiger partial charge in [-0.2, -0.15) is 0 Å². The number of halogens is 1. The van der Waals surface area contributed by atoms with Gasteiger partial charge in [0.05, 0.1) is 23.8 Å². The first-order valence-electron chi connectivity index (χ1n) is 9.02. The molecule has 142 valence electrons. The molecule has 0 bridgehead atoms. The highest BCUT2D eigenvalue weighted by molar-refractivity contribution is 6.31. The van der Waals surface area contributed by atoms with E-state index in [0.717, 1.165) is 11.4 Å². The van der Waals surface area contributed by atoms with Crippen LogP contribution in [0.1, 0.15) is 19.4 Å². The zero-order chi connectivity index (χ0) is 20.1. The number of nitrogens with zero attached hydrogens (tertiary/aromatic N) is 3. The van der Waals surface area contributed by atoms with E-state index in [-0.39, 0.29) is 23.3 Å². The lowest BCUT2D eigenvalue weighted by atomic mass is 9.83. The number of para-hydroxylation sites is 1. The van der Waals surface area contributed by atoms with Crippen LogP contribution in [-0.4, -0.2) is 22.4 Å². The van der Waals surface area contributed by atoms with E-state index in [0.29, 0.717) is 15.9 Å². The van der Waals surface area contributed by atoms with Gasteiger partial charge in [0, 0.05) is 34.9 Å². The normalized spacial score (nSPS) is 16.6. The quantitative estimate of drug-likeness (QED) is 0.632. The first-order valence-corrected chi connectivity index (χ1v) is 9.40. The molecule has 28 heavy (non-hydrogen) atoms. The second kappa shape index (κ2) is 6.60. The Morgan fingerprint density at radius 1 is 1.21 bits per heavy atom. The van der Waals surface area contributed by atoms with Crippen molar-refractivity contribution >= 4 is 34.0 Å². The van der Waals surface area contributed by atoms with Gasteiger partial charge in [-0.25, -0.2) is 4.98 Å². The molecule has 0 amide bonds. The van der Waals surface area contributed by atoms with Gasteiger partial charge in [-0.1, -0.05) is 43.6 Å². The van der Waals surface area contributed by atoms with Crippen LogP contribution in [0.3, 0.4) is 0 Å². The largest absolute Gasteiger partial charge is 0.347 e. The summed E-state index contributed by atoms with van der Waals surface area (Å²) in [4.78, 5) is 31.8. The van der Waals surface area contributed by atoms with Crippen molar-refractivity contribution in [2.45, 2.75) is 25.8 Å². The van der Waals surface area contributed by atoms with Crippen LogP contribution in [0.5, 0.6) is 0 Å². The van der Waals surface area contributed by atoms with Crippen LogP contribution in [0.15, 0.2) is 65.4 Å². The van der Waals surface area contributed by atoms with Crippen LogP contribution in [-0.2, 0) is 16.8 Å². The third-order valence-corrected chi connectivity index (χ3v) is 5.59. The minimum absolute atomic E-state index is 0.0714. The van der Waals surface area contributed by atoms with Crippen LogP contribution >= 0.6 is 11.6 Å². The Morgan fingerprint density at radius 3 is 2.71 bits per heavy atom. The Hall–Kier alpha value is -2.92. The topological polar surface area (TPSA) is 55.2 Å². The third-order valence-electron chi connectivity index (χ3n) is 5.35. The fourth-order valence-electron chi connectivity index (χ4n) is 3.87. The molecule has 0 N–H and O–H groups in total.